The van der Waals surface area contributed by atoms with Crippen LogP contribution in [0.3, 0.4) is 0 Å². The molecule has 1 unspecified atom stereocenters. The highest BCUT2D eigenvalue weighted by molar-refractivity contribution is 4.99. The fourth-order valence-corrected chi connectivity index (χ4v) is 1.40. The third kappa shape index (κ3) is 2.91. The number of hydrogen-bond acceptors (Lipinski definition) is 2. The van der Waals surface area contributed by atoms with Gasteiger partial charge in [-0.25, -0.2) is 4.39 Å². The minimum Gasteiger partial charge on any atom is -0.316 e. The lowest BCUT2D eigenvalue weighted by Gasteiger charge is -2.26. The Morgan fingerprint density at radius 1 is 1.75 bits per heavy atom. The Hall–Kier alpha value is -0.410. The Balaban J connectivity index is 2.30. The van der Waals surface area contributed by atoms with E-state index in [0.717, 1.165) is 19.5 Å². The van der Waals surface area contributed by atoms with E-state index in [-0.39, 0.29) is 5.83 Å². The lowest BCUT2D eigenvalue weighted by Crippen LogP contribution is -2.39. The van der Waals surface area contributed by atoms with E-state index in [4.69, 9.17) is 0 Å². The third-order valence-corrected chi connectivity index (χ3v) is 2.21. The van der Waals surface area contributed by atoms with Crippen LogP contribution >= 0.6 is 0 Å². The molecule has 0 aromatic heterocycles. The summed E-state index contributed by atoms with van der Waals surface area (Å²) in [7, 11) is 1.93. The smallest absolute Gasteiger partial charge is 0.110 e. The topological polar surface area (TPSA) is 15.3 Å². The maximum absolute atomic E-state index is 12.8. The zero-order valence-electron chi connectivity index (χ0n) is 7.81. The van der Waals surface area contributed by atoms with Crippen LogP contribution in [0.15, 0.2) is 11.9 Å². The molecule has 0 spiro atoms. The maximum Gasteiger partial charge on any atom is 0.110 e. The largest absolute Gasteiger partial charge is 0.316 e. The summed E-state index contributed by atoms with van der Waals surface area (Å²) in [4.78, 5) is 2.14. The van der Waals surface area contributed by atoms with E-state index in [2.05, 4.69) is 17.1 Å². The summed E-state index contributed by atoms with van der Waals surface area (Å²) >= 11 is 0. The average Bonchev–Trinajstić information content (AvgIpc) is 2.04. The lowest BCUT2D eigenvalue weighted by atomic mass is 10.2. The van der Waals surface area contributed by atoms with E-state index < -0.39 is 0 Å². The van der Waals surface area contributed by atoms with Gasteiger partial charge < -0.3 is 5.32 Å². The van der Waals surface area contributed by atoms with Crippen LogP contribution < -0.4 is 5.32 Å². The summed E-state index contributed by atoms with van der Waals surface area (Å²) in [6.45, 7) is 4.51. The van der Waals surface area contributed by atoms with Crippen molar-refractivity contribution in [2.24, 2.45) is 0 Å². The summed E-state index contributed by atoms with van der Waals surface area (Å²) in [5, 5.41) is 3.14. The van der Waals surface area contributed by atoms with Crippen molar-refractivity contribution in [1.82, 2.24) is 10.2 Å². The van der Waals surface area contributed by atoms with Crippen LogP contribution in [0.5, 0.6) is 0 Å². The van der Waals surface area contributed by atoms with Gasteiger partial charge in [-0.3, -0.25) is 4.90 Å². The van der Waals surface area contributed by atoms with Crippen LogP contribution in [-0.2, 0) is 0 Å². The summed E-state index contributed by atoms with van der Waals surface area (Å²) < 4.78 is 12.8. The summed E-state index contributed by atoms with van der Waals surface area (Å²) in [5.41, 5.74) is 0. The molecule has 1 atom stereocenters. The number of nitrogens with one attached hydrogen (secondary N) is 1. The average molecular weight is 172 g/mol. The van der Waals surface area contributed by atoms with Gasteiger partial charge in [-0.1, -0.05) is 6.08 Å². The highest BCUT2D eigenvalue weighted by Crippen LogP contribution is 2.10. The fraction of sp³-hybridized carbons (Fsp3) is 0.778. The van der Waals surface area contributed by atoms with Crippen LogP contribution in [0.1, 0.15) is 13.3 Å². The predicted octanol–water partition coefficient (Wildman–Crippen LogP) is 1.15. The minimum absolute atomic E-state index is 0.0181. The number of nitrogens with zero attached hydrogens (tertiary/aromatic N) is 1. The van der Waals surface area contributed by atoms with Crippen LogP contribution in [0.25, 0.3) is 0 Å². The van der Waals surface area contributed by atoms with E-state index >= 15 is 0 Å². The number of likely N-dealkylation sites (N-methyl/N-ethyl adjacent to an activating group) is 1. The maximum atomic E-state index is 12.8. The monoisotopic (exact) mass is 172 g/mol. The molecule has 0 radical (unpaired) electrons. The third-order valence-electron chi connectivity index (χ3n) is 2.21. The van der Waals surface area contributed by atoms with Crippen LogP contribution in [-0.4, -0.2) is 37.6 Å². The van der Waals surface area contributed by atoms with Crippen molar-refractivity contribution < 1.29 is 4.39 Å². The Labute approximate surface area is 73.4 Å². The van der Waals surface area contributed by atoms with Crippen LogP contribution in [0.2, 0.25) is 0 Å². The van der Waals surface area contributed by atoms with Gasteiger partial charge in [0.25, 0.3) is 0 Å². The highest BCUT2D eigenvalue weighted by atomic mass is 19.1. The summed E-state index contributed by atoms with van der Waals surface area (Å²) in [6.07, 6.45) is 2.53. The van der Waals surface area contributed by atoms with Crippen molar-refractivity contribution in [3.05, 3.63) is 11.9 Å². The quantitative estimate of drug-likeness (QED) is 0.687. The molecule has 1 N–H and O–H groups in total. The van der Waals surface area contributed by atoms with Crippen molar-refractivity contribution in [1.29, 1.82) is 0 Å². The van der Waals surface area contributed by atoms with E-state index in [1.165, 1.54) is 0 Å². The van der Waals surface area contributed by atoms with Gasteiger partial charge in [0.2, 0.25) is 0 Å². The van der Waals surface area contributed by atoms with E-state index in [9.17, 15) is 4.39 Å². The zero-order valence-corrected chi connectivity index (χ0v) is 7.81. The van der Waals surface area contributed by atoms with E-state index in [0.29, 0.717) is 12.6 Å². The molecule has 0 bridgehead atoms. The van der Waals surface area contributed by atoms with Crippen molar-refractivity contribution in [3.63, 3.8) is 0 Å². The molecule has 0 saturated heterocycles. The van der Waals surface area contributed by atoms with Gasteiger partial charge in [0.15, 0.2) is 0 Å². The molecule has 1 rings (SSSR count). The number of hydrogen-bond donors (Lipinski definition) is 1. The second-order valence-electron chi connectivity index (χ2n) is 3.36. The molecule has 0 aromatic rings. The molecule has 0 amide bonds. The number of halogens is 1. The van der Waals surface area contributed by atoms with Gasteiger partial charge in [0.05, 0.1) is 0 Å². The van der Waals surface area contributed by atoms with Gasteiger partial charge in [0, 0.05) is 25.7 Å². The molecule has 70 valence electrons. The van der Waals surface area contributed by atoms with Gasteiger partial charge in [-0.15, -0.1) is 0 Å². The Kier molecular flexibility index (Phi) is 3.69. The standard InChI is InChI=1S/C9H17FN2/c1-8(11-2)6-12-5-3-4-9(10)7-12/h4,8,11H,3,5-7H2,1-2H3. The molecule has 0 aromatic carbocycles. The van der Waals surface area contributed by atoms with E-state index in [1.807, 2.05) is 7.05 Å². The van der Waals surface area contributed by atoms with Gasteiger partial charge in [-0.2, -0.15) is 0 Å². The first-order valence-electron chi connectivity index (χ1n) is 4.46. The minimum atomic E-state index is 0.0181. The summed E-state index contributed by atoms with van der Waals surface area (Å²) in [6, 6.07) is 0.441. The molecule has 0 aliphatic carbocycles. The Bertz CT molecular complexity index is 168. The summed E-state index contributed by atoms with van der Waals surface area (Å²) in [5.74, 6) is 0.0181. The zero-order chi connectivity index (χ0) is 8.97. The predicted molar refractivity (Wildman–Crippen MR) is 48.8 cm³/mol. The normalized spacial score (nSPS) is 22.1. The van der Waals surface area contributed by atoms with Crippen molar-refractivity contribution in [2.75, 3.05) is 26.7 Å². The molecule has 1 aliphatic rings. The highest BCUT2D eigenvalue weighted by Gasteiger charge is 2.13. The van der Waals surface area contributed by atoms with Crippen molar-refractivity contribution in [3.8, 4) is 0 Å². The van der Waals surface area contributed by atoms with Gasteiger partial charge in [-0.05, 0) is 20.4 Å². The molecule has 1 heterocycles. The lowest BCUT2D eigenvalue weighted by molar-refractivity contribution is 0.246. The first kappa shape index (κ1) is 9.68. The molecule has 0 saturated carbocycles. The SMILES string of the molecule is CNC(C)CN1CCC=C(F)C1. The molecule has 12 heavy (non-hydrogen) atoms. The molecule has 0 fully saturated rings. The molecule has 3 heteroatoms. The van der Waals surface area contributed by atoms with Gasteiger partial charge in [0.1, 0.15) is 5.83 Å². The molecule has 1 aliphatic heterocycles. The molecular formula is C9H17FN2. The van der Waals surface area contributed by atoms with Gasteiger partial charge >= 0.3 is 0 Å². The van der Waals surface area contributed by atoms with Crippen LogP contribution in [0, 0.1) is 0 Å². The first-order chi connectivity index (χ1) is 5.72. The van der Waals surface area contributed by atoms with Crippen LogP contribution in [0.4, 0.5) is 4.39 Å². The van der Waals surface area contributed by atoms with Crippen molar-refractivity contribution >= 4 is 0 Å². The second-order valence-corrected chi connectivity index (χ2v) is 3.36. The Morgan fingerprint density at radius 3 is 3.08 bits per heavy atom. The van der Waals surface area contributed by atoms with Crippen molar-refractivity contribution in [2.45, 2.75) is 19.4 Å². The van der Waals surface area contributed by atoms with E-state index in [1.54, 1.807) is 6.08 Å². The first-order valence-corrected chi connectivity index (χ1v) is 4.46. The Morgan fingerprint density at radius 2 is 2.50 bits per heavy atom. The second kappa shape index (κ2) is 4.58. The fourth-order valence-electron chi connectivity index (χ4n) is 1.40. The molecular weight excluding hydrogens is 155 g/mol. The number of rotatable bonds is 3. The molecule has 2 nitrogen and oxygen atoms in total.